The maximum atomic E-state index is 13.2. The highest BCUT2D eigenvalue weighted by Gasteiger charge is 2.24. The summed E-state index contributed by atoms with van der Waals surface area (Å²) in [6.07, 6.45) is 3.67. The maximum absolute atomic E-state index is 13.2. The highest BCUT2D eigenvalue weighted by molar-refractivity contribution is 6.07. The third-order valence-electron chi connectivity index (χ3n) is 5.16. The Balaban J connectivity index is 0.00000256. The quantitative estimate of drug-likeness (QED) is 0.650. The van der Waals surface area contributed by atoms with Crippen LogP contribution in [-0.2, 0) is 0 Å². The van der Waals surface area contributed by atoms with Crippen molar-refractivity contribution in [2.24, 2.45) is 0 Å². The van der Waals surface area contributed by atoms with E-state index in [0.717, 1.165) is 37.0 Å². The van der Waals surface area contributed by atoms with Crippen molar-refractivity contribution in [1.82, 2.24) is 14.9 Å². The molecule has 0 radical (unpaired) electrons. The number of aromatic nitrogens is 2. The van der Waals surface area contributed by atoms with Crippen LogP contribution in [0, 0.1) is 6.92 Å². The lowest BCUT2D eigenvalue weighted by Gasteiger charge is -2.20. The molecule has 8 heteroatoms. The molecule has 1 fully saturated rings. The molecule has 3 aromatic rings. The lowest BCUT2D eigenvalue weighted by molar-refractivity contribution is 0.0793. The number of pyridine rings is 2. The van der Waals surface area contributed by atoms with Crippen molar-refractivity contribution >= 4 is 40.7 Å². The molecule has 0 atom stereocenters. The maximum Gasteiger partial charge on any atom is 0.257 e. The summed E-state index contributed by atoms with van der Waals surface area (Å²) >= 11 is 0. The summed E-state index contributed by atoms with van der Waals surface area (Å²) in [5.74, 6) is 1.31. The minimum atomic E-state index is -0.0261. The fourth-order valence-electron chi connectivity index (χ4n) is 3.61. The second-order valence-electron chi connectivity index (χ2n) is 7.06. The third kappa shape index (κ3) is 4.11. The van der Waals surface area contributed by atoms with Gasteiger partial charge in [-0.2, -0.15) is 0 Å². The number of halogens is 1. The number of nitrogens with one attached hydrogen (secondary N) is 1. The molecule has 0 saturated carbocycles. The van der Waals surface area contributed by atoms with Gasteiger partial charge in [0.25, 0.3) is 5.91 Å². The molecule has 30 heavy (non-hydrogen) atoms. The number of hydrogen-bond acceptors (Lipinski definition) is 6. The summed E-state index contributed by atoms with van der Waals surface area (Å²) in [7, 11) is 3.22. The Labute approximate surface area is 181 Å². The van der Waals surface area contributed by atoms with Gasteiger partial charge in [-0.15, -0.1) is 12.4 Å². The van der Waals surface area contributed by atoms with E-state index in [-0.39, 0.29) is 18.3 Å². The van der Waals surface area contributed by atoms with E-state index in [1.54, 1.807) is 20.4 Å². The van der Waals surface area contributed by atoms with E-state index >= 15 is 0 Å². The fraction of sp³-hybridized carbons (Fsp3) is 0.318. The molecule has 1 N–H and O–H groups in total. The Kier molecular flexibility index (Phi) is 6.62. The molecule has 0 bridgehead atoms. The van der Waals surface area contributed by atoms with Crippen LogP contribution in [0.5, 0.6) is 11.5 Å². The fourth-order valence-corrected chi connectivity index (χ4v) is 3.61. The van der Waals surface area contributed by atoms with Crippen molar-refractivity contribution in [1.29, 1.82) is 0 Å². The molecule has 3 heterocycles. The number of nitrogens with zero attached hydrogens (tertiary/aromatic N) is 3. The zero-order chi connectivity index (χ0) is 20.4. The Hall–Kier alpha value is -3.06. The molecule has 1 amide bonds. The second-order valence-corrected chi connectivity index (χ2v) is 7.06. The number of hydrogen-bond donors (Lipinski definition) is 1. The molecule has 7 nitrogen and oxygen atoms in total. The van der Waals surface area contributed by atoms with Crippen LogP contribution in [0.25, 0.3) is 11.0 Å². The van der Waals surface area contributed by atoms with Crippen LogP contribution >= 0.6 is 12.4 Å². The number of likely N-dealkylation sites (tertiary alicyclic amines) is 1. The minimum absolute atomic E-state index is 0. The van der Waals surface area contributed by atoms with Gasteiger partial charge in [0.05, 0.1) is 31.2 Å². The Morgan fingerprint density at radius 1 is 1.10 bits per heavy atom. The van der Waals surface area contributed by atoms with Crippen LogP contribution in [0.4, 0.5) is 11.4 Å². The topological polar surface area (TPSA) is 76.6 Å². The average Bonchev–Trinajstić information content (AvgIpc) is 3.28. The Bertz CT molecular complexity index is 1070. The van der Waals surface area contributed by atoms with E-state index in [2.05, 4.69) is 15.3 Å². The first kappa shape index (κ1) is 21.6. The zero-order valence-corrected chi connectivity index (χ0v) is 18.1. The van der Waals surface area contributed by atoms with Crippen LogP contribution in [0.3, 0.4) is 0 Å². The standard InChI is InChI=1S/C22H24N4O3.ClH/c1-14-6-8-16-20(25-18-12-15(28-2)7-9-19(18)29-3)17(13-23-21(16)24-14)22(27)26-10-4-5-11-26;/h6-9,12-13H,4-5,10-11H2,1-3H3,(H,23,24,25);1H. The summed E-state index contributed by atoms with van der Waals surface area (Å²) in [5, 5.41) is 4.18. The lowest BCUT2D eigenvalue weighted by Crippen LogP contribution is -2.28. The monoisotopic (exact) mass is 428 g/mol. The highest BCUT2D eigenvalue weighted by Crippen LogP contribution is 2.36. The van der Waals surface area contributed by atoms with Crippen LogP contribution in [-0.4, -0.2) is 48.1 Å². The van der Waals surface area contributed by atoms with Crippen molar-refractivity contribution < 1.29 is 14.3 Å². The first-order chi connectivity index (χ1) is 14.1. The predicted molar refractivity (Wildman–Crippen MR) is 119 cm³/mol. The summed E-state index contributed by atoms with van der Waals surface area (Å²) in [6.45, 7) is 3.46. The van der Waals surface area contributed by atoms with E-state index in [1.165, 1.54) is 0 Å². The van der Waals surface area contributed by atoms with Gasteiger partial charge in [0, 0.05) is 36.4 Å². The second kappa shape index (κ2) is 9.17. The molecule has 0 unspecified atom stereocenters. The number of benzene rings is 1. The largest absolute Gasteiger partial charge is 0.497 e. The number of aryl methyl sites for hydroxylation is 1. The van der Waals surface area contributed by atoms with Crippen molar-refractivity contribution in [3.8, 4) is 11.5 Å². The van der Waals surface area contributed by atoms with E-state index < -0.39 is 0 Å². The molecular weight excluding hydrogens is 404 g/mol. The van der Waals surface area contributed by atoms with Gasteiger partial charge in [-0.05, 0) is 44.0 Å². The molecule has 1 aromatic carbocycles. The van der Waals surface area contributed by atoms with Crippen molar-refractivity contribution in [2.75, 3.05) is 32.6 Å². The molecule has 0 spiro atoms. The molecule has 2 aromatic heterocycles. The summed E-state index contributed by atoms with van der Waals surface area (Å²) < 4.78 is 10.9. The van der Waals surface area contributed by atoms with Gasteiger partial charge in [-0.1, -0.05) is 0 Å². The van der Waals surface area contributed by atoms with Gasteiger partial charge >= 0.3 is 0 Å². The average molecular weight is 429 g/mol. The van der Waals surface area contributed by atoms with Crippen LogP contribution in [0.15, 0.2) is 36.5 Å². The van der Waals surface area contributed by atoms with Gasteiger partial charge in [0.1, 0.15) is 11.5 Å². The summed E-state index contributed by atoms with van der Waals surface area (Å²) in [4.78, 5) is 24.1. The molecule has 158 valence electrons. The van der Waals surface area contributed by atoms with Crippen LogP contribution in [0.1, 0.15) is 28.9 Å². The van der Waals surface area contributed by atoms with Crippen LogP contribution in [0.2, 0.25) is 0 Å². The van der Waals surface area contributed by atoms with E-state index in [1.807, 2.05) is 42.2 Å². The molecule has 1 aliphatic rings. The third-order valence-corrected chi connectivity index (χ3v) is 5.16. The number of methoxy groups -OCH3 is 2. The first-order valence-corrected chi connectivity index (χ1v) is 9.65. The number of carbonyl (C=O) groups is 1. The predicted octanol–water partition coefficient (Wildman–Crippen LogP) is 4.36. The summed E-state index contributed by atoms with van der Waals surface area (Å²) in [6, 6.07) is 9.37. The van der Waals surface area contributed by atoms with Crippen molar-refractivity contribution in [3.05, 3.63) is 47.8 Å². The van der Waals surface area contributed by atoms with E-state index in [0.29, 0.717) is 34.1 Å². The molecule has 0 aliphatic carbocycles. The lowest BCUT2D eigenvalue weighted by atomic mass is 10.1. The van der Waals surface area contributed by atoms with E-state index in [4.69, 9.17) is 9.47 Å². The summed E-state index contributed by atoms with van der Waals surface area (Å²) in [5.41, 5.74) is 3.36. The number of rotatable bonds is 5. The Morgan fingerprint density at radius 2 is 1.87 bits per heavy atom. The smallest absolute Gasteiger partial charge is 0.257 e. The first-order valence-electron chi connectivity index (χ1n) is 9.65. The molecule has 1 saturated heterocycles. The molecule has 1 aliphatic heterocycles. The number of fused-ring (bicyclic) bond motifs is 1. The van der Waals surface area contributed by atoms with Gasteiger partial charge in [-0.3, -0.25) is 4.79 Å². The van der Waals surface area contributed by atoms with Gasteiger partial charge in [-0.25, -0.2) is 9.97 Å². The minimum Gasteiger partial charge on any atom is -0.497 e. The zero-order valence-electron chi connectivity index (χ0n) is 17.3. The van der Waals surface area contributed by atoms with Gasteiger partial charge in [0.15, 0.2) is 5.65 Å². The van der Waals surface area contributed by atoms with Gasteiger partial charge < -0.3 is 19.7 Å². The van der Waals surface area contributed by atoms with Crippen molar-refractivity contribution in [2.45, 2.75) is 19.8 Å². The highest BCUT2D eigenvalue weighted by atomic mass is 35.5. The van der Waals surface area contributed by atoms with Crippen LogP contribution < -0.4 is 14.8 Å². The normalized spacial score (nSPS) is 13.1. The molecular formula is C22H25ClN4O3. The molecule has 4 rings (SSSR count). The number of anilines is 2. The Morgan fingerprint density at radius 3 is 2.57 bits per heavy atom. The van der Waals surface area contributed by atoms with E-state index in [9.17, 15) is 4.79 Å². The van der Waals surface area contributed by atoms with Gasteiger partial charge in [0.2, 0.25) is 0 Å². The number of ether oxygens (including phenoxy) is 2. The SMILES string of the molecule is COc1ccc(OC)c(Nc2c(C(=O)N3CCCC3)cnc3nc(C)ccc23)c1.Cl. The number of amides is 1. The van der Waals surface area contributed by atoms with Crippen molar-refractivity contribution in [3.63, 3.8) is 0 Å². The number of carbonyl (C=O) groups excluding carboxylic acids is 1.